The third-order valence-electron chi connectivity index (χ3n) is 7.81. The van der Waals surface area contributed by atoms with Crippen LogP contribution in [0.2, 0.25) is 5.02 Å². The lowest BCUT2D eigenvalue weighted by Gasteiger charge is -2.47. The van der Waals surface area contributed by atoms with Gasteiger partial charge in [0.1, 0.15) is 5.84 Å². The van der Waals surface area contributed by atoms with Crippen LogP contribution in [0.25, 0.3) is 0 Å². The highest BCUT2D eigenvalue weighted by molar-refractivity contribution is 6.32. The molecule has 38 heavy (non-hydrogen) atoms. The van der Waals surface area contributed by atoms with Crippen LogP contribution in [0, 0.1) is 37.5 Å². The van der Waals surface area contributed by atoms with Gasteiger partial charge in [-0.3, -0.25) is 15.0 Å². The Labute approximate surface area is 229 Å². The summed E-state index contributed by atoms with van der Waals surface area (Å²) in [7, 11) is 0. The molecule has 5 heteroatoms. The highest BCUT2D eigenvalue weighted by Gasteiger charge is 2.50. The van der Waals surface area contributed by atoms with Crippen molar-refractivity contribution in [1.29, 1.82) is 5.41 Å². The van der Waals surface area contributed by atoms with Crippen LogP contribution in [0.5, 0.6) is 0 Å². The van der Waals surface area contributed by atoms with E-state index in [2.05, 4.69) is 13.8 Å². The van der Waals surface area contributed by atoms with Gasteiger partial charge in [-0.15, -0.1) is 0 Å². The molecule has 2 unspecified atom stereocenters. The summed E-state index contributed by atoms with van der Waals surface area (Å²) in [5.41, 5.74) is 6.38. The molecule has 1 N–H and O–H groups in total. The van der Waals surface area contributed by atoms with E-state index in [0.29, 0.717) is 34.7 Å². The van der Waals surface area contributed by atoms with Crippen LogP contribution < -0.4 is 4.90 Å². The van der Waals surface area contributed by atoms with Gasteiger partial charge in [0.25, 0.3) is 0 Å². The second kappa shape index (κ2) is 9.67. The number of carbonyl (C=O) groups is 2. The van der Waals surface area contributed by atoms with Crippen LogP contribution in [-0.4, -0.2) is 17.4 Å². The average molecular weight is 525 g/mol. The molecular weight excluding hydrogens is 492 g/mol. The third kappa shape index (κ3) is 4.63. The zero-order valence-corrected chi connectivity index (χ0v) is 23.3. The fourth-order valence-corrected chi connectivity index (χ4v) is 5.96. The standard InChI is InChI=1S/C33H33ClN2O2/c1-19-6-11-22(12-7-19)28-29-26(17-33(4,5)18-27(29)37)36(24-15-10-21(3)25(34)16-24)32(35)30(28)31(38)23-13-8-20(2)9-14-23/h6-16,28,30,35H,17-18H2,1-5H3. The van der Waals surface area contributed by atoms with Crippen LogP contribution in [0.4, 0.5) is 5.69 Å². The zero-order chi connectivity index (χ0) is 27.4. The number of Topliss-reactive ketones (excluding diaryl/α,β-unsaturated/α-hetero) is 2. The molecule has 0 fully saturated rings. The first kappa shape index (κ1) is 26.1. The van der Waals surface area contributed by atoms with Crippen LogP contribution in [0.15, 0.2) is 78.0 Å². The van der Waals surface area contributed by atoms with E-state index >= 15 is 0 Å². The highest BCUT2D eigenvalue weighted by atomic mass is 35.5. The summed E-state index contributed by atoms with van der Waals surface area (Å²) in [6.07, 6.45) is 1.02. The van der Waals surface area contributed by atoms with Crippen LogP contribution >= 0.6 is 11.6 Å². The Bertz CT molecular complexity index is 1480. The number of nitrogens with zero attached hydrogens (tertiary/aromatic N) is 1. The molecule has 0 amide bonds. The Morgan fingerprint density at radius 2 is 1.53 bits per heavy atom. The summed E-state index contributed by atoms with van der Waals surface area (Å²) in [6.45, 7) is 10.1. The molecule has 4 nitrogen and oxygen atoms in total. The smallest absolute Gasteiger partial charge is 0.174 e. The van der Waals surface area contributed by atoms with Crippen molar-refractivity contribution < 1.29 is 9.59 Å². The van der Waals surface area contributed by atoms with E-state index in [1.807, 2.05) is 92.4 Å². The number of hydrogen-bond acceptors (Lipinski definition) is 3. The molecule has 1 aliphatic heterocycles. The minimum absolute atomic E-state index is 0.0410. The number of hydrogen-bond donors (Lipinski definition) is 1. The highest BCUT2D eigenvalue weighted by Crippen LogP contribution is 2.51. The largest absolute Gasteiger partial charge is 0.302 e. The van der Waals surface area contributed by atoms with Gasteiger partial charge >= 0.3 is 0 Å². The molecule has 194 valence electrons. The molecule has 0 saturated heterocycles. The van der Waals surface area contributed by atoms with Gasteiger partial charge < -0.3 is 4.90 Å². The third-order valence-corrected chi connectivity index (χ3v) is 8.22. The van der Waals surface area contributed by atoms with Gasteiger partial charge in [0.15, 0.2) is 11.6 Å². The monoisotopic (exact) mass is 524 g/mol. The SMILES string of the molecule is Cc1ccc(C(=O)C2C(=N)N(c3ccc(C)c(Cl)c3)C3=C(C(=O)CC(C)(C)C3)C2c2ccc(C)cc2)cc1. The fourth-order valence-electron chi connectivity index (χ4n) is 5.78. The molecular formula is C33H33ClN2O2. The van der Waals surface area contributed by atoms with Gasteiger partial charge in [0.2, 0.25) is 0 Å². The molecule has 3 aromatic rings. The molecule has 0 radical (unpaired) electrons. The predicted molar refractivity (Wildman–Crippen MR) is 154 cm³/mol. The first-order valence-corrected chi connectivity index (χ1v) is 13.4. The minimum Gasteiger partial charge on any atom is -0.302 e. The summed E-state index contributed by atoms with van der Waals surface area (Å²) in [6, 6.07) is 21.2. The summed E-state index contributed by atoms with van der Waals surface area (Å²) < 4.78 is 0. The van der Waals surface area contributed by atoms with Gasteiger partial charge in [0.05, 0.1) is 5.92 Å². The van der Waals surface area contributed by atoms with Crippen molar-refractivity contribution in [2.75, 3.05) is 4.90 Å². The maximum absolute atomic E-state index is 14.3. The lowest BCUT2D eigenvalue weighted by Crippen LogP contribution is -2.50. The molecule has 5 rings (SSSR count). The van der Waals surface area contributed by atoms with E-state index in [1.165, 1.54) is 0 Å². The molecule has 0 bridgehead atoms. The Kier molecular flexibility index (Phi) is 6.65. The molecule has 1 aliphatic carbocycles. The normalized spacial score (nSPS) is 20.9. The summed E-state index contributed by atoms with van der Waals surface area (Å²) in [5.74, 6) is -1.34. The fraction of sp³-hybridized carbons (Fsp3) is 0.303. The maximum atomic E-state index is 14.3. The Hall–Kier alpha value is -3.50. The lowest BCUT2D eigenvalue weighted by atomic mass is 9.65. The Morgan fingerprint density at radius 3 is 2.13 bits per heavy atom. The molecule has 2 aliphatic rings. The molecule has 1 heterocycles. The predicted octanol–water partition coefficient (Wildman–Crippen LogP) is 7.99. The number of anilines is 1. The number of aryl methyl sites for hydroxylation is 3. The van der Waals surface area contributed by atoms with E-state index in [9.17, 15) is 15.0 Å². The van der Waals surface area contributed by atoms with E-state index in [-0.39, 0.29) is 22.8 Å². The van der Waals surface area contributed by atoms with E-state index in [1.54, 1.807) is 0 Å². The van der Waals surface area contributed by atoms with Gasteiger partial charge in [0, 0.05) is 39.9 Å². The lowest BCUT2D eigenvalue weighted by molar-refractivity contribution is -0.118. The van der Waals surface area contributed by atoms with Crippen molar-refractivity contribution in [2.24, 2.45) is 11.3 Å². The average Bonchev–Trinajstić information content (AvgIpc) is 2.85. The van der Waals surface area contributed by atoms with Gasteiger partial charge in [-0.2, -0.15) is 0 Å². The Morgan fingerprint density at radius 1 is 0.921 bits per heavy atom. The number of rotatable bonds is 4. The number of allylic oxidation sites excluding steroid dienone is 2. The van der Waals surface area contributed by atoms with Crippen LogP contribution in [-0.2, 0) is 4.79 Å². The van der Waals surface area contributed by atoms with Crippen molar-refractivity contribution in [3.8, 4) is 0 Å². The topological polar surface area (TPSA) is 61.2 Å². The summed E-state index contributed by atoms with van der Waals surface area (Å²) in [4.78, 5) is 30.0. The van der Waals surface area contributed by atoms with Crippen LogP contribution in [0.3, 0.4) is 0 Å². The van der Waals surface area contributed by atoms with E-state index < -0.39 is 11.8 Å². The minimum atomic E-state index is -0.857. The van der Waals surface area contributed by atoms with Crippen molar-refractivity contribution >= 4 is 34.7 Å². The quantitative estimate of drug-likeness (QED) is 0.352. The van der Waals surface area contributed by atoms with Gasteiger partial charge in [-0.25, -0.2) is 0 Å². The molecule has 2 atom stereocenters. The van der Waals surface area contributed by atoms with Crippen LogP contribution in [0.1, 0.15) is 65.2 Å². The molecule has 0 saturated carbocycles. The van der Waals surface area contributed by atoms with Gasteiger partial charge in [-0.1, -0.05) is 91.2 Å². The molecule has 0 aromatic heterocycles. The molecule has 3 aromatic carbocycles. The summed E-state index contributed by atoms with van der Waals surface area (Å²) >= 11 is 6.54. The van der Waals surface area contributed by atoms with E-state index in [0.717, 1.165) is 28.0 Å². The summed E-state index contributed by atoms with van der Waals surface area (Å²) in [5, 5.41) is 10.1. The second-order valence-electron chi connectivity index (χ2n) is 11.6. The van der Waals surface area contributed by atoms with Crippen molar-refractivity contribution in [1.82, 2.24) is 0 Å². The first-order chi connectivity index (χ1) is 18.0. The van der Waals surface area contributed by atoms with Crippen molar-refractivity contribution in [3.63, 3.8) is 0 Å². The molecule has 0 spiro atoms. The van der Waals surface area contributed by atoms with Crippen molar-refractivity contribution in [2.45, 2.75) is 53.4 Å². The first-order valence-electron chi connectivity index (χ1n) is 13.1. The number of nitrogens with one attached hydrogen (secondary N) is 1. The zero-order valence-electron chi connectivity index (χ0n) is 22.6. The maximum Gasteiger partial charge on any atom is 0.174 e. The Balaban J connectivity index is 1.79. The van der Waals surface area contributed by atoms with Gasteiger partial charge in [-0.05, 0) is 55.9 Å². The second-order valence-corrected chi connectivity index (χ2v) is 12.0. The number of halogens is 1. The number of carbonyl (C=O) groups excluding carboxylic acids is 2. The van der Waals surface area contributed by atoms with Crippen molar-refractivity contribution in [3.05, 3.63) is 111 Å². The van der Waals surface area contributed by atoms with E-state index in [4.69, 9.17) is 11.6 Å². The number of ketones is 2. The number of benzene rings is 3. The number of amidine groups is 1.